The third-order valence-corrected chi connectivity index (χ3v) is 6.18. The van der Waals surface area contributed by atoms with Crippen LogP contribution in [0, 0.1) is 19.1 Å². The van der Waals surface area contributed by atoms with E-state index < -0.39 is 0 Å². The Labute approximate surface area is 220 Å². The van der Waals surface area contributed by atoms with Gasteiger partial charge in [0.05, 0.1) is 5.82 Å². The molecule has 2 heterocycles. The molecule has 5 aromatic rings. The number of aryl methyl sites for hydroxylation is 1. The van der Waals surface area contributed by atoms with Gasteiger partial charge < -0.3 is 4.98 Å². The van der Waals surface area contributed by atoms with Crippen molar-refractivity contribution in [2.24, 2.45) is 0 Å². The van der Waals surface area contributed by atoms with Crippen molar-refractivity contribution in [3.8, 4) is 33.8 Å². The second kappa shape index (κ2) is 10.4. The minimum Gasteiger partial charge on any atom is -0.305 e. The third-order valence-electron chi connectivity index (χ3n) is 6.18. The van der Waals surface area contributed by atoms with Crippen LogP contribution >= 0.6 is 0 Å². The Hall–Kier alpha value is -3.46. The minimum absolute atomic E-state index is 0. The molecule has 0 aliphatic heterocycles. The molecule has 0 fully saturated rings. The van der Waals surface area contributed by atoms with Crippen LogP contribution in [0.25, 0.3) is 33.8 Å². The molecule has 4 heteroatoms. The van der Waals surface area contributed by atoms with E-state index in [9.17, 15) is 0 Å². The summed E-state index contributed by atoms with van der Waals surface area (Å²) in [4.78, 5) is 13.3. The molecule has 2 aromatic heterocycles. The Morgan fingerprint density at radius 2 is 1.51 bits per heavy atom. The number of pyridine rings is 1. The van der Waals surface area contributed by atoms with Gasteiger partial charge in [-0.3, -0.25) is 9.97 Å². The van der Waals surface area contributed by atoms with Crippen LogP contribution in [0.2, 0.25) is 0 Å². The topological polar surface area (TPSA) is 38.7 Å². The van der Waals surface area contributed by atoms with E-state index in [1.54, 1.807) is 6.20 Å². The van der Waals surface area contributed by atoms with Crippen LogP contribution in [0.1, 0.15) is 30.7 Å². The summed E-state index contributed by atoms with van der Waals surface area (Å²) in [5.74, 6) is 0.762. The van der Waals surface area contributed by atoms with Crippen LogP contribution in [0.3, 0.4) is 0 Å². The van der Waals surface area contributed by atoms with Crippen molar-refractivity contribution in [2.45, 2.75) is 26.2 Å². The maximum Gasteiger partial charge on any atom is 0.0754 e. The molecule has 6 rings (SSSR count). The Balaban J connectivity index is 0.000000189. The van der Waals surface area contributed by atoms with Crippen LogP contribution < -0.4 is 0 Å². The van der Waals surface area contributed by atoms with Gasteiger partial charge in [-0.05, 0) is 41.3 Å². The zero-order valence-electron chi connectivity index (χ0n) is 19.9. The molecule has 0 amide bonds. The van der Waals surface area contributed by atoms with Crippen LogP contribution in [-0.4, -0.2) is 15.0 Å². The molecule has 1 aliphatic carbocycles. The van der Waals surface area contributed by atoms with Crippen LogP contribution in [0.5, 0.6) is 0 Å². The maximum absolute atomic E-state index is 4.61. The fourth-order valence-corrected chi connectivity index (χ4v) is 4.59. The maximum atomic E-state index is 4.61. The summed E-state index contributed by atoms with van der Waals surface area (Å²) in [6.07, 6.45) is 3.61. The summed E-state index contributed by atoms with van der Waals surface area (Å²) < 4.78 is 0. The molecule has 35 heavy (non-hydrogen) atoms. The largest absolute Gasteiger partial charge is 0.305 e. The Bertz CT molecular complexity index is 1390. The molecular formula is C31H25IrN3-2. The number of hydrogen-bond acceptors (Lipinski definition) is 3. The van der Waals surface area contributed by atoms with Crippen molar-refractivity contribution in [3.05, 3.63) is 126 Å². The van der Waals surface area contributed by atoms with Crippen LogP contribution in [-0.2, 0) is 25.5 Å². The predicted octanol–water partition coefficient (Wildman–Crippen LogP) is 7.10. The molecular weight excluding hydrogens is 607 g/mol. The van der Waals surface area contributed by atoms with E-state index in [4.69, 9.17) is 0 Å². The van der Waals surface area contributed by atoms with E-state index in [1.165, 1.54) is 22.3 Å². The quantitative estimate of drug-likeness (QED) is 0.195. The van der Waals surface area contributed by atoms with E-state index in [-0.39, 0.29) is 25.5 Å². The van der Waals surface area contributed by atoms with Crippen molar-refractivity contribution in [1.82, 2.24) is 15.0 Å². The van der Waals surface area contributed by atoms with Crippen molar-refractivity contribution < 1.29 is 20.1 Å². The summed E-state index contributed by atoms with van der Waals surface area (Å²) >= 11 is 0. The van der Waals surface area contributed by atoms with Gasteiger partial charge in [0, 0.05) is 38.2 Å². The zero-order valence-corrected chi connectivity index (χ0v) is 22.3. The third kappa shape index (κ3) is 4.86. The Morgan fingerprint density at radius 1 is 0.714 bits per heavy atom. The van der Waals surface area contributed by atoms with Crippen molar-refractivity contribution >= 4 is 0 Å². The van der Waals surface area contributed by atoms with Gasteiger partial charge in [-0.25, -0.2) is 0 Å². The SMILES string of the molecule is Cc1ccnc(-c2[c-]ccc3c2C(C)(C)c2ccccc2-3)n1.[Ir].[c-]1ccccc1-c1ccccn1. The number of rotatable bonds is 2. The molecule has 0 saturated carbocycles. The summed E-state index contributed by atoms with van der Waals surface area (Å²) in [7, 11) is 0. The van der Waals surface area contributed by atoms with Gasteiger partial charge in [-0.15, -0.1) is 65.2 Å². The fourth-order valence-electron chi connectivity index (χ4n) is 4.59. The van der Waals surface area contributed by atoms with Crippen LogP contribution in [0.4, 0.5) is 0 Å². The normalized spacial score (nSPS) is 12.4. The van der Waals surface area contributed by atoms with Crippen LogP contribution in [0.15, 0.2) is 97.3 Å². The Morgan fingerprint density at radius 3 is 2.26 bits per heavy atom. The molecule has 0 atom stereocenters. The second-order valence-corrected chi connectivity index (χ2v) is 8.82. The first kappa shape index (κ1) is 24.7. The van der Waals surface area contributed by atoms with Crippen molar-refractivity contribution in [3.63, 3.8) is 0 Å². The van der Waals surface area contributed by atoms with E-state index in [1.807, 2.05) is 67.7 Å². The average molecular weight is 632 g/mol. The second-order valence-electron chi connectivity index (χ2n) is 8.82. The number of aromatic nitrogens is 3. The standard InChI is InChI=1S/C20H17N2.C11H8N.Ir/c1-13-11-12-21-19(22-13)16-9-6-8-15-14-7-4-5-10-17(14)20(2,3)18(15)16;1-2-6-10(7-3-1)11-8-4-5-9-12-11;/h4-8,10-12H,1-3H3;1-6,8-9H;/q2*-1;. The summed E-state index contributed by atoms with van der Waals surface area (Å²) in [5, 5.41) is 0. The van der Waals surface area contributed by atoms with Gasteiger partial charge in [-0.1, -0.05) is 55.8 Å². The van der Waals surface area contributed by atoms with Gasteiger partial charge in [0.15, 0.2) is 0 Å². The van der Waals surface area contributed by atoms with Gasteiger partial charge in [0.2, 0.25) is 0 Å². The predicted molar refractivity (Wildman–Crippen MR) is 137 cm³/mol. The number of nitrogens with zero attached hydrogens (tertiary/aromatic N) is 3. The molecule has 0 bridgehead atoms. The van der Waals surface area contributed by atoms with E-state index in [0.717, 1.165) is 28.3 Å². The average Bonchev–Trinajstić information content (AvgIpc) is 3.13. The molecule has 0 unspecified atom stereocenters. The first-order chi connectivity index (χ1) is 16.6. The summed E-state index contributed by atoms with van der Waals surface area (Å²) in [6.45, 7) is 6.53. The molecule has 0 spiro atoms. The number of fused-ring (bicyclic) bond motifs is 3. The molecule has 1 aliphatic rings. The number of hydrogen-bond donors (Lipinski definition) is 0. The van der Waals surface area contributed by atoms with Gasteiger partial charge in [-0.2, -0.15) is 0 Å². The monoisotopic (exact) mass is 632 g/mol. The zero-order chi connectivity index (χ0) is 23.5. The molecule has 3 nitrogen and oxygen atoms in total. The first-order valence-corrected chi connectivity index (χ1v) is 11.4. The van der Waals surface area contributed by atoms with Crippen molar-refractivity contribution in [1.29, 1.82) is 0 Å². The summed E-state index contributed by atoms with van der Waals surface area (Å²) in [6, 6.07) is 34.9. The number of benzene rings is 3. The smallest absolute Gasteiger partial charge is 0.0754 e. The molecule has 175 valence electrons. The molecule has 0 saturated heterocycles. The Kier molecular flexibility index (Phi) is 7.35. The molecule has 1 radical (unpaired) electrons. The van der Waals surface area contributed by atoms with Gasteiger partial charge >= 0.3 is 0 Å². The van der Waals surface area contributed by atoms with E-state index in [2.05, 4.69) is 71.3 Å². The van der Waals surface area contributed by atoms with Crippen molar-refractivity contribution in [2.75, 3.05) is 0 Å². The molecule has 3 aromatic carbocycles. The minimum atomic E-state index is -0.0634. The van der Waals surface area contributed by atoms with Gasteiger partial charge in [0.1, 0.15) is 0 Å². The van der Waals surface area contributed by atoms with E-state index in [0.29, 0.717) is 0 Å². The summed E-state index contributed by atoms with van der Waals surface area (Å²) in [5.41, 5.74) is 9.17. The fraction of sp³-hybridized carbons (Fsp3) is 0.129. The van der Waals surface area contributed by atoms with E-state index >= 15 is 0 Å². The van der Waals surface area contributed by atoms with Gasteiger partial charge in [0.25, 0.3) is 0 Å². The first-order valence-electron chi connectivity index (χ1n) is 11.4. The molecule has 0 N–H and O–H groups in total.